The molecular weight excluding hydrogens is 264 g/mol. The maximum atomic E-state index is 12.1. The highest BCUT2D eigenvalue weighted by molar-refractivity contribution is 5.92. The summed E-state index contributed by atoms with van der Waals surface area (Å²) in [6, 6.07) is 11.6. The summed E-state index contributed by atoms with van der Waals surface area (Å²) in [6.07, 6.45) is 1.09. The molecule has 112 valence electrons. The monoisotopic (exact) mass is 286 g/mol. The van der Waals surface area contributed by atoms with Crippen LogP contribution in [0.4, 0.5) is 0 Å². The van der Waals surface area contributed by atoms with Crippen LogP contribution in [0.1, 0.15) is 29.5 Å². The van der Waals surface area contributed by atoms with E-state index < -0.39 is 0 Å². The molecule has 5 nitrogen and oxygen atoms in total. The van der Waals surface area contributed by atoms with Crippen molar-refractivity contribution in [3.05, 3.63) is 47.8 Å². The van der Waals surface area contributed by atoms with E-state index in [9.17, 15) is 4.79 Å². The first-order valence-corrected chi connectivity index (χ1v) is 7.33. The second-order valence-electron chi connectivity index (χ2n) is 4.92. The molecule has 1 heterocycles. The van der Waals surface area contributed by atoms with Crippen molar-refractivity contribution in [3.8, 4) is 5.69 Å². The Hall–Kier alpha value is -2.14. The number of para-hydroxylation sites is 1. The highest BCUT2D eigenvalue weighted by atomic mass is 16.1. The van der Waals surface area contributed by atoms with Crippen molar-refractivity contribution in [2.45, 2.75) is 20.3 Å². The van der Waals surface area contributed by atoms with Gasteiger partial charge in [0.2, 0.25) is 0 Å². The molecule has 0 saturated carbocycles. The second kappa shape index (κ2) is 7.59. The summed E-state index contributed by atoms with van der Waals surface area (Å²) in [6.45, 7) is 6.41. The van der Waals surface area contributed by atoms with Gasteiger partial charge >= 0.3 is 0 Å². The van der Waals surface area contributed by atoms with E-state index in [1.165, 1.54) is 0 Å². The Balaban J connectivity index is 1.97. The molecule has 0 atom stereocenters. The summed E-state index contributed by atoms with van der Waals surface area (Å²) < 4.78 is 1.78. The van der Waals surface area contributed by atoms with Gasteiger partial charge in [-0.15, -0.1) is 0 Å². The molecule has 1 aromatic carbocycles. The van der Waals surface area contributed by atoms with Crippen LogP contribution in [0, 0.1) is 6.92 Å². The lowest BCUT2D eigenvalue weighted by atomic mass is 10.3. The number of hydrogen-bond acceptors (Lipinski definition) is 3. The van der Waals surface area contributed by atoms with Gasteiger partial charge in [-0.3, -0.25) is 4.79 Å². The van der Waals surface area contributed by atoms with Crippen molar-refractivity contribution < 1.29 is 4.79 Å². The van der Waals surface area contributed by atoms with Gasteiger partial charge in [0.1, 0.15) is 0 Å². The molecule has 0 unspecified atom stereocenters. The van der Waals surface area contributed by atoms with E-state index in [0.717, 1.165) is 30.9 Å². The second-order valence-corrected chi connectivity index (χ2v) is 4.92. The largest absolute Gasteiger partial charge is 0.349 e. The minimum absolute atomic E-state index is 0.133. The number of nitrogens with one attached hydrogen (secondary N) is 2. The first-order chi connectivity index (χ1) is 10.2. The topological polar surface area (TPSA) is 58.9 Å². The highest BCUT2D eigenvalue weighted by Gasteiger charge is 2.12. The molecule has 0 aliphatic carbocycles. The van der Waals surface area contributed by atoms with Crippen LogP contribution in [0.5, 0.6) is 0 Å². The number of benzene rings is 1. The molecule has 0 aliphatic rings. The van der Waals surface area contributed by atoms with Gasteiger partial charge in [-0.25, -0.2) is 4.68 Å². The summed E-state index contributed by atoms with van der Waals surface area (Å²) in [7, 11) is 0. The van der Waals surface area contributed by atoms with Gasteiger partial charge in [0.25, 0.3) is 5.91 Å². The summed E-state index contributed by atoms with van der Waals surface area (Å²) in [5, 5.41) is 10.5. The molecule has 0 fully saturated rings. The zero-order valence-electron chi connectivity index (χ0n) is 12.6. The molecule has 21 heavy (non-hydrogen) atoms. The molecule has 0 spiro atoms. The molecule has 0 radical (unpaired) electrons. The summed E-state index contributed by atoms with van der Waals surface area (Å²) in [5.41, 5.74) is 2.35. The molecule has 1 amide bonds. The van der Waals surface area contributed by atoms with E-state index in [2.05, 4.69) is 22.7 Å². The number of aromatic nitrogens is 2. The lowest BCUT2D eigenvalue weighted by Crippen LogP contribution is -2.32. The number of carbonyl (C=O) groups is 1. The molecule has 0 bridgehead atoms. The number of hydrogen-bond donors (Lipinski definition) is 2. The molecular formula is C16H22N4O. The normalized spacial score (nSPS) is 10.6. The Bertz CT molecular complexity index is 577. The molecule has 2 aromatic rings. The van der Waals surface area contributed by atoms with E-state index in [-0.39, 0.29) is 5.91 Å². The van der Waals surface area contributed by atoms with Crippen molar-refractivity contribution in [1.29, 1.82) is 0 Å². The Labute approximate surface area is 125 Å². The average Bonchev–Trinajstić information content (AvgIpc) is 2.90. The van der Waals surface area contributed by atoms with Crippen LogP contribution >= 0.6 is 0 Å². The fourth-order valence-electron chi connectivity index (χ4n) is 2.07. The first kappa shape index (κ1) is 15.3. The minimum Gasteiger partial charge on any atom is -0.349 e. The zero-order valence-corrected chi connectivity index (χ0v) is 12.6. The van der Waals surface area contributed by atoms with E-state index in [1.807, 2.05) is 43.3 Å². The predicted octanol–water partition coefficient (Wildman–Crippen LogP) is 1.91. The van der Waals surface area contributed by atoms with Crippen LogP contribution in [-0.2, 0) is 0 Å². The Morgan fingerprint density at radius 3 is 2.67 bits per heavy atom. The fourth-order valence-corrected chi connectivity index (χ4v) is 2.07. The third-order valence-corrected chi connectivity index (χ3v) is 3.13. The van der Waals surface area contributed by atoms with Crippen LogP contribution in [-0.4, -0.2) is 35.3 Å². The number of rotatable bonds is 7. The SMILES string of the molecule is CCCNCCNC(=O)c1cc(C)n(-c2ccccc2)n1. The van der Waals surface area contributed by atoms with Crippen molar-refractivity contribution in [2.24, 2.45) is 0 Å². The lowest BCUT2D eigenvalue weighted by molar-refractivity contribution is 0.0948. The Kier molecular flexibility index (Phi) is 5.51. The van der Waals surface area contributed by atoms with Gasteiger partial charge in [0, 0.05) is 18.8 Å². The van der Waals surface area contributed by atoms with Crippen molar-refractivity contribution in [1.82, 2.24) is 20.4 Å². The van der Waals surface area contributed by atoms with Gasteiger partial charge in [-0.2, -0.15) is 5.10 Å². The first-order valence-electron chi connectivity index (χ1n) is 7.33. The van der Waals surface area contributed by atoms with Gasteiger partial charge in [-0.1, -0.05) is 25.1 Å². The minimum atomic E-state index is -0.133. The van der Waals surface area contributed by atoms with Crippen molar-refractivity contribution in [3.63, 3.8) is 0 Å². The molecule has 0 saturated heterocycles. The number of carbonyl (C=O) groups excluding carboxylic acids is 1. The molecule has 5 heteroatoms. The van der Waals surface area contributed by atoms with Crippen LogP contribution < -0.4 is 10.6 Å². The van der Waals surface area contributed by atoms with Gasteiger partial charge in [-0.05, 0) is 38.1 Å². The van der Waals surface area contributed by atoms with Crippen LogP contribution in [0.3, 0.4) is 0 Å². The Morgan fingerprint density at radius 1 is 1.19 bits per heavy atom. The standard InChI is InChI=1S/C16H22N4O/c1-3-9-17-10-11-18-16(21)15-12-13(2)20(19-15)14-7-5-4-6-8-14/h4-8,12,17H,3,9-11H2,1-2H3,(H,18,21). The van der Waals surface area contributed by atoms with Crippen molar-refractivity contribution in [2.75, 3.05) is 19.6 Å². The number of nitrogens with zero attached hydrogens (tertiary/aromatic N) is 2. The smallest absolute Gasteiger partial charge is 0.271 e. The van der Waals surface area contributed by atoms with E-state index in [0.29, 0.717) is 12.2 Å². The molecule has 2 rings (SSSR count). The van der Waals surface area contributed by atoms with E-state index in [4.69, 9.17) is 0 Å². The van der Waals surface area contributed by atoms with Gasteiger partial charge in [0.05, 0.1) is 5.69 Å². The molecule has 1 aromatic heterocycles. The van der Waals surface area contributed by atoms with Crippen LogP contribution in [0.25, 0.3) is 5.69 Å². The van der Waals surface area contributed by atoms with Gasteiger partial charge < -0.3 is 10.6 Å². The number of amides is 1. The summed E-state index contributed by atoms with van der Waals surface area (Å²) in [4.78, 5) is 12.1. The van der Waals surface area contributed by atoms with Gasteiger partial charge in [0.15, 0.2) is 5.69 Å². The molecule has 2 N–H and O–H groups in total. The summed E-state index contributed by atoms with van der Waals surface area (Å²) in [5.74, 6) is -0.133. The summed E-state index contributed by atoms with van der Waals surface area (Å²) >= 11 is 0. The third kappa shape index (κ3) is 4.16. The molecule has 0 aliphatic heterocycles. The zero-order chi connectivity index (χ0) is 15.1. The van der Waals surface area contributed by atoms with E-state index in [1.54, 1.807) is 4.68 Å². The average molecular weight is 286 g/mol. The fraction of sp³-hybridized carbons (Fsp3) is 0.375. The quantitative estimate of drug-likeness (QED) is 0.764. The number of aryl methyl sites for hydroxylation is 1. The maximum absolute atomic E-state index is 12.1. The van der Waals surface area contributed by atoms with Crippen molar-refractivity contribution >= 4 is 5.91 Å². The van der Waals surface area contributed by atoms with E-state index >= 15 is 0 Å². The van der Waals surface area contributed by atoms with Crippen LogP contribution in [0.2, 0.25) is 0 Å². The highest BCUT2D eigenvalue weighted by Crippen LogP contribution is 2.11. The Morgan fingerprint density at radius 2 is 1.95 bits per heavy atom. The van der Waals surface area contributed by atoms with Crippen LogP contribution in [0.15, 0.2) is 36.4 Å². The lowest BCUT2D eigenvalue weighted by Gasteiger charge is -2.04. The maximum Gasteiger partial charge on any atom is 0.271 e. The third-order valence-electron chi connectivity index (χ3n) is 3.13. The predicted molar refractivity (Wildman–Crippen MR) is 83.8 cm³/mol.